The summed E-state index contributed by atoms with van der Waals surface area (Å²) in [4.78, 5) is 25.6. The van der Waals surface area contributed by atoms with Gasteiger partial charge in [-0.3, -0.25) is 9.59 Å². The van der Waals surface area contributed by atoms with Crippen molar-refractivity contribution in [2.24, 2.45) is 28.8 Å². The number of carbonyl (C=O) groups is 2. The number of carbonyl (C=O) groups excluding carboxylic acids is 2. The summed E-state index contributed by atoms with van der Waals surface area (Å²) in [5, 5.41) is 5.97. The number of nitrogens with zero attached hydrogens (tertiary/aromatic N) is 2. The third kappa shape index (κ3) is 3.71. The van der Waals surface area contributed by atoms with Gasteiger partial charge in [-0.25, -0.2) is 0 Å². The highest BCUT2D eigenvalue weighted by atomic mass is 127. The first-order valence-electron chi connectivity index (χ1n) is 10.3. The number of imide groups is 1. The minimum absolute atomic E-state index is 0.166. The molecule has 0 unspecified atom stereocenters. The van der Waals surface area contributed by atoms with Crippen LogP contribution in [0.4, 0.5) is 0 Å². The lowest BCUT2D eigenvalue weighted by molar-refractivity contribution is -0.140. The number of amides is 2. The van der Waals surface area contributed by atoms with Crippen molar-refractivity contribution in [3.63, 3.8) is 0 Å². The number of hydrazone groups is 1. The molecular weight excluding hydrogens is 543 g/mol. The van der Waals surface area contributed by atoms with Gasteiger partial charge in [0.05, 0.1) is 28.7 Å². The normalized spacial score (nSPS) is 25.8. The monoisotopic (exact) mass is 562 g/mol. The molecule has 164 valence electrons. The number of fused-ring (bicyclic) bond motifs is 5. The van der Waals surface area contributed by atoms with Gasteiger partial charge in [-0.1, -0.05) is 35.9 Å². The summed E-state index contributed by atoms with van der Waals surface area (Å²) in [6, 6.07) is 11.1. The third-order valence-corrected chi connectivity index (χ3v) is 7.37. The molecule has 3 aliphatic rings. The van der Waals surface area contributed by atoms with Crippen LogP contribution in [0.2, 0.25) is 5.02 Å². The number of hydrogen-bond donors (Lipinski definition) is 0. The number of rotatable bonds is 6. The SMILES string of the molecule is COc1cc(/C=N\N2C(=O)[C@@H]3[C@@H](C2=O)[C@H]2C=C[C@H]3C2)cc(I)c1OCc1ccc(Cl)cc1. The first kappa shape index (κ1) is 21.5. The van der Waals surface area contributed by atoms with Crippen LogP contribution in [0.1, 0.15) is 17.5 Å². The summed E-state index contributed by atoms with van der Waals surface area (Å²) in [7, 11) is 1.57. The fourth-order valence-corrected chi connectivity index (χ4v) is 5.72. The Hall–Kier alpha value is -2.39. The van der Waals surface area contributed by atoms with Crippen LogP contribution in [-0.2, 0) is 16.2 Å². The van der Waals surface area contributed by atoms with E-state index in [4.69, 9.17) is 21.1 Å². The second-order valence-electron chi connectivity index (χ2n) is 8.18. The molecule has 1 saturated heterocycles. The average Bonchev–Trinajstić information content (AvgIpc) is 3.46. The van der Waals surface area contributed by atoms with Crippen LogP contribution >= 0.6 is 34.2 Å². The summed E-state index contributed by atoms with van der Waals surface area (Å²) in [6.07, 6.45) is 6.57. The van der Waals surface area contributed by atoms with Crippen molar-refractivity contribution in [1.29, 1.82) is 0 Å². The van der Waals surface area contributed by atoms with Gasteiger partial charge in [0, 0.05) is 5.02 Å². The van der Waals surface area contributed by atoms with Crippen LogP contribution in [0.3, 0.4) is 0 Å². The smallest absolute Gasteiger partial charge is 0.254 e. The molecule has 1 aliphatic heterocycles. The molecule has 0 N–H and O–H groups in total. The Balaban J connectivity index is 1.33. The standard InChI is InChI=1S/C24H20ClIN2O4/c1-31-19-9-14(8-18(26)22(19)32-12-13-2-6-17(25)7-3-13)11-27-28-23(29)20-15-4-5-16(10-15)21(20)24(28)30/h2-9,11,15-16,20-21H,10,12H2,1H3/b27-11-/t15-,16-,20-,21-/m0/s1. The molecule has 2 bridgehead atoms. The Morgan fingerprint density at radius 1 is 1.12 bits per heavy atom. The van der Waals surface area contributed by atoms with Gasteiger partial charge in [0.2, 0.25) is 0 Å². The summed E-state index contributed by atoms with van der Waals surface area (Å²) < 4.78 is 12.3. The Morgan fingerprint density at radius 2 is 1.78 bits per heavy atom. The van der Waals surface area contributed by atoms with E-state index in [1.165, 1.54) is 6.21 Å². The van der Waals surface area contributed by atoms with Gasteiger partial charge in [0.15, 0.2) is 11.5 Å². The topological polar surface area (TPSA) is 68.2 Å². The Labute approximate surface area is 204 Å². The van der Waals surface area contributed by atoms with Crippen molar-refractivity contribution < 1.29 is 19.1 Å². The van der Waals surface area contributed by atoms with Gasteiger partial charge in [-0.05, 0) is 76.2 Å². The summed E-state index contributed by atoms with van der Waals surface area (Å²) >= 11 is 8.11. The summed E-state index contributed by atoms with van der Waals surface area (Å²) in [6.45, 7) is 0.368. The maximum Gasteiger partial charge on any atom is 0.254 e. The minimum atomic E-state index is -0.257. The highest BCUT2D eigenvalue weighted by molar-refractivity contribution is 14.1. The molecule has 0 spiro atoms. The van der Waals surface area contributed by atoms with E-state index in [-0.39, 0.29) is 35.5 Å². The van der Waals surface area contributed by atoms with Gasteiger partial charge in [0.25, 0.3) is 11.8 Å². The molecule has 4 atom stereocenters. The third-order valence-electron chi connectivity index (χ3n) is 6.32. The lowest BCUT2D eigenvalue weighted by Crippen LogP contribution is -2.28. The second kappa shape index (κ2) is 8.51. The number of methoxy groups -OCH3 is 1. The van der Waals surface area contributed by atoms with E-state index >= 15 is 0 Å². The summed E-state index contributed by atoms with van der Waals surface area (Å²) in [5.41, 5.74) is 1.70. The van der Waals surface area contributed by atoms with E-state index < -0.39 is 0 Å². The van der Waals surface area contributed by atoms with Crippen molar-refractivity contribution in [2.45, 2.75) is 13.0 Å². The number of ether oxygens (including phenoxy) is 2. The molecule has 0 aromatic heterocycles. The maximum absolute atomic E-state index is 12.8. The fraction of sp³-hybridized carbons (Fsp3) is 0.292. The number of hydrogen-bond acceptors (Lipinski definition) is 5. The predicted octanol–water partition coefficient (Wildman–Crippen LogP) is 4.67. The van der Waals surface area contributed by atoms with Crippen LogP contribution in [0.15, 0.2) is 53.7 Å². The van der Waals surface area contributed by atoms with Gasteiger partial charge < -0.3 is 9.47 Å². The molecule has 1 heterocycles. The number of allylic oxidation sites excluding steroid dienone is 2. The molecule has 2 fully saturated rings. The second-order valence-corrected chi connectivity index (χ2v) is 9.78. The highest BCUT2D eigenvalue weighted by Gasteiger charge is 2.59. The van der Waals surface area contributed by atoms with E-state index in [1.807, 2.05) is 30.3 Å². The van der Waals surface area contributed by atoms with Gasteiger partial charge in [0.1, 0.15) is 6.61 Å². The summed E-state index contributed by atoms with van der Waals surface area (Å²) in [5.74, 6) is 0.590. The molecular formula is C24H20ClIN2O4. The molecule has 5 rings (SSSR count). The van der Waals surface area contributed by atoms with Gasteiger partial charge in [-0.2, -0.15) is 10.1 Å². The van der Waals surface area contributed by atoms with E-state index in [1.54, 1.807) is 13.2 Å². The van der Waals surface area contributed by atoms with E-state index in [9.17, 15) is 9.59 Å². The Morgan fingerprint density at radius 3 is 2.41 bits per heavy atom. The Kier molecular flexibility index (Phi) is 5.71. The number of halogens is 2. The van der Waals surface area contributed by atoms with Crippen LogP contribution < -0.4 is 9.47 Å². The largest absolute Gasteiger partial charge is 0.493 e. The van der Waals surface area contributed by atoms with Crippen molar-refractivity contribution in [1.82, 2.24) is 5.01 Å². The van der Waals surface area contributed by atoms with Crippen molar-refractivity contribution in [3.8, 4) is 11.5 Å². The molecule has 1 saturated carbocycles. The highest BCUT2D eigenvalue weighted by Crippen LogP contribution is 2.52. The van der Waals surface area contributed by atoms with Crippen LogP contribution in [0.5, 0.6) is 11.5 Å². The van der Waals surface area contributed by atoms with Gasteiger partial charge >= 0.3 is 0 Å². The molecule has 2 aromatic rings. The quantitative estimate of drug-likeness (QED) is 0.222. The van der Waals surface area contributed by atoms with Crippen molar-refractivity contribution in [3.05, 3.63) is 68.3 Å². The van der Waals surface area contributed by atoms with E-state index in [2.05, 4.69) is 39.8 Å². The van der Waals surface area contributed by atoms with Crippen molar-refractivity contribution >= 4 is 52.2 Å². The zero-order chi connectivity index (χ0) is 22.4. The van der Waals surface area contributed by atoms with Gasteiger partial charge in [-0.15, -0.1) is 0 Å². The fourth-order valence-electron chi connectivity index (χ4n) is 4.82. The zero-order valence-corrected chi connectivity index (χ0v) is 20.1. The maximum atomic E-state index is 12.8. The molecule has 2 aromatic carbocycles. The van der Waals surface area contributed by atoms with Crippen LogP contribution in [-0.4, -0.2) is 30.1 Å². The molecule has 0 radical (unpaired) electrons. The molecule has 2 aliphatic carbocycles. The molecule has 2 amide bonds. The van der Waals surface area contributed by atoms with Crippen LogP contribution in [0.25, 0.3) is 0 Å². The zero-order valence-electron chi connectivity index (χ0n) is 17.2. The van der Waals surface area contributed by atoms with E-state index in [0.717, 1.165) is 20.6 Å². The number of benzene rings is 2. The molecule has 8 heteroatoms. The average molecular weight is 563 g/mol. The lowest BCUT2D eigenvalue weighted by Gasteiger charge is -2.14. The predicted molar refractivity (Wildman–Crippen MR) is 129 cm³/mol. The molecule has 32 heavy (non-hydrogen) atoms. The molecule has 6 nitrogen and oxygen atoms in total. The first-order chi connectivity index (χ1) is 15.5. The van der Waals surface area contributed by atoms with Crippen LogP contribution in [0, 0.1) is 27.2 Å². The first-order valence-corrected chi connectivity index (χ1v) is 11.8. The van der Waals surface area contributed by atoms with Crippen molar-refractivity contribution in [2.75, 3.05) is 7.11 Å². The minimum Gasteiger partial charge on any atom is -0.493 e. The Bertz CT molecular complexity index is 1120. The van der Waals surface area contributed by atoms with E-state index in [0.29, 0.717) is 28.7 Å². The lowest BCUT2D eigenvalue weighted by atomic mass is 9.85.